The van der Waals surface area contributed by atoms with Crippen LogP contribution in [-0.4, -0.2) is 40.5 Å². The smallest absolute Gasteiger partial charge is 0.545 e. The second-order valence-electron chi connectivity index (χ2n) is 13.6. The number of aliphatic carboxylic acids is 1. The number of rotatable bonds is 5. The van der Waals surface area contributed by atoms with Gasteiger partial charge in [0.15, 0.2) is 0 Å². The van der Waals surface area contributed by atoms with Crippen molar-refractivity contribution in [3.63, 3.8) is 0 Å². The van der Waals surface area contributed by atoms with Crippen LogP contribution in [0, 0.1) is 39.9 Å². The third kappa shape index (κ3) is 5.00. The van der Waals surface area contributed by atoms with Crippen molar-refractivity contribution >= 4 is 11.9 Å². The molecule has 10 atom stereocenters. The minimum Gasteiger partial charge on any atom is -0.545 e. The predicted molar refractivity (Wildman–Crippen MR) is 140 cm³/mol. The molecule has 0 spiro atoms. The van der Waals surface area contributed by atoms with Crippen LogP contribution >= 0.6 is 0 Å². The van der Waals surface area contributed by atoms with Gasteiger partial charge in [0, 0.05) is 6.92 Å². The van der Waals surface area contributed by atoms with E-state index in [1.807, 2.05) is 19.9 Å². The summed E-state index contributed by atoms with van der Waals surface area (Å²) in [4.78, 5) is 24.7. The summed E-state index contributed by atoms with van der Waals surface area (Å²) < 4.78 is 5.84. The van der Waals surface area contributed by atoms with Crippen molar-refractivity contribution in [2.45, 2.75) is 118 Å². The summed E-state index contributed by atoms with van der Waals surface area (Å²) in [5, 5.41) is 35.0. The second-order valence-corrected chi connectivity index (χ2v) is 13.6. The molecule has 0 aromatic heterocycles. The van der Waals surface area contributed by atoms with Gasteiger partial charge in [-0.05, 0) is 116 Å². The van der Waals surface area contributed by atoms with Gasteiger partial charge in [-0.3, -0.25) is 4.79 Å². The van der Waals surface area contributed by atoms with Crippen molar-refractivity contribution in [2.75, 3.05) is 0 Å². The number of allylic oxidation sites excluding steroid dienone is 2. The molecule has 0 saturated heterocycles. The van der Waals surface area contributed by atoms with Crippen molar-refractivity contribution in [1.29, 1.82) is 0 Å². The zero-order chi connectivity index (χ0) is 27.5. The Morgan fingerprint density at radius 2 is 1.71 bits per heavy atom. The van der Waals surface area contributed by atoms with Crippen LogP contribution in [0.1, 0.15) is 99.8 Å². The molecule has 4 aliphatic rings. The second kappa shape index (κ2) is 11.3. The van der Waals surface area contributed by atoms with E-state index in [0.717, 1.165) is 31.3 Å². The minimum absolute atomic E-state index is 0. The van der Waals surface area contributed by atoms with Crippen molar-refractivity contribution in [1.82, 2.24) is 0 Å². The number of carbonyl (C=O) groups is 2. The van der Waals surface area contributed by atoms with E-state index in [-0.39, 0.29) is 75.2 Å². The Hall–Kier alpha value is -0.660. The molecule has 2 N–H and O–H groups in total. The first-order valence-electron chi connectivity index (χ1n) is 14.3. The summed E-state index contributed by atoms with van der Waals surface area (Å²) in [7, 11) is 0. The molecular formula is C31H47NaO6. The molecule has 0 aromatic carbocycles. The van der Waals surface area contributed by atoms with E-state index in [1.54, 1.807) is 0 Å². The van der Waals surface area contributed by atoms with Gasteiger partial charge in [0.25, 0.3) is 0 Å². The number of carbonyl (C=O) groups excluding carboxylic acids is 2. The fourth-order valence-corrected chi connectivity index (χ4v) is 9.78. The number of carboxylic acids is 1. The van der Waals surface area contributed by atoms with Crippen molar-refractivity contribution in [3.8, 4) is 0 Å². The van der Waals surface area contributed by atoms with Crippen LogP contribution < -0.4 is 34.7 Å². The Bertz CT molecular complexity index is 1000. The summed E-state index contributed by atoms with van der Waals surface area (Å²) in [6.45, 7) is 14.4. The van der Waals surface area contributed by atoms with E-state index < -0.39 is 24.1 Å². The Morgan fingerprint density at radius 3 is 2.29 bits per heavy atom. The summed E-state index contributed by atoms with van der Waals surface area (Å²) in [5.74, 6) is -1.25. The quantitative estimate of drug-likeness (QED) is 0.237. The van der Waals surface area contributed by atoms with Gasteiger partial charge in [-0.25, -0.2) is 0 Å². The number of hydrogen-bond acceptors (Lipinski definition) is 6. The fraction of sp³-hybridized carbons (Fsp3) is 0.806. The predicted octanol–water partition coefficient (Wildman–Crippen LogP) is 1.34. The Labute approximate surface area is 251 Å². The number of carboxylic acid groups (broad SMARTS) is 1. The van der Waals surface area contributed by atoms with Crippen LogP contribution in [-0.2, 0) is 14.3 Å². The maximum Gasteiger partial charge on any atom is 1.00 e. The Kier molecular flexibility index (Phi) is 9.49. The van der Waals surface area contributed by atoms with Gasteiger partial charge < -0.3 is 24.9 Å². The number of esters is 1. The van der Waals surface area contributed by atoms with Crippen LogP contribution in [0.3, 0.4) is 0 Å². The van der Waals surface area contributed by atoms with Crippen molar-refractivity contribution in [2.24, 2.45) is 39.9 Å². The number of aliphatic hydroxyl groups excluding tert-OH is 2. The van der Waals surface area contributed by atoms with E-state index in [0.29, 0.717) is 37.2 Å². The zero-order valence-electron chi connectivity index (χ0n) is 24.8. The molecule has 4 aliphatic carbocycles. The van der Waals surface area contributed by atoms with Gasteiger partial charge in [0.1, 0.15) is 6.10 Å². The molecule has 0 radical (unpaired) electrons. The number of fused-ring (bicyclic) bond motifs is 5. The summed E-state index contributed by atoms with van der Waals surface area (Å²) in [5.41, 5.74) is 1.31. The SMILES string of the molecule is CC(=O)OC1CC2(C)C(CC(O)C3C4(C)CCC(O)C(C)C4CCC32C)/C1=C(\CCC=C(C)C)C(=O)[O-].[Na+]. The standard InChI is InChI=1S/C31H48O6.Na/c1-17(2)9-8-10-20(28(35)36)26-22-15-24(34)27-29(5)13-12-23(33)18(3)21(29)11-14-30(27,6)31(22,7)16-25(26)37-19(4)32;/h9,18,21-25,27,33-34H,8,10-16H2,1-7H3,(H,35,36);/q;+1/p-1/b26-20-;. The van der Waals surface area contributed by atoms with E-state index in [1.165, 1.54) is 6.92 Å². The molecule has 4 fully saturated rings. The first-order chi connectivity index (χ1) is 17.2. The molecular weight excluding hydrogens is 491 g/mol. The Balaban J connectivity index is 0.00000400. The van der Waals surface area contributed by atoms with E-state index in [4.69, 9.17) is 4.74 Å². The fourth-order valence-electron chi connectivity index (χ4n) is 9.78. The molecule has 10 unspecified atom stereocenters. The number of aliphatic hydroxyl groups is 2. The normalized spacial score (nSPS) is 45.0. The van der Waals surface area contributed by atoms with Crippen LogP contribution in [0.4, 0.5) is 0 Å². The van der Waals surface area contributed by atoms with E-state index >= 15 is 0 Å². The summed E-state index contributed by atoms with van der Waals surface area (Å²) in [6, 6.07) is 0. The molecule has 38 heavy (non-hydrogen) atoms. The third-order valence-electron chi connectivity index (χ3n) is 11.6. The molecule has 208 valence electrons. The minimum atomic E-state index is -1.20. The monoisotopic (exact) mass is 538 g/mol. The molecule has 0 amide bonds. The Morgan fingerprint density at radius 1 is 1.05 bits per heavy atom. The molecule has 7 heteroatoms. The maximum absolute atomic E-state index is 12.5. The summed E-state index contributed by atoms with van der Waals surface area (Å²) in [6.07, 6.45) is 5.92. The van der Waals surface area contributed by atoms with E-state index in [2.05, 4.69) is 27.7 Å². The topological polar surface area (TPSA) is 107 Å². The van der Waals surface area contributed by atoms with Crippen LogP contribution in [0.5, 0.6) is 0 Å². The van der Waals surface area contributed by atoms with Gasteiger partial charge in [0.2, 0.25) is 0 Å². The number of hydrogen-bond donors (Lipinski definition) is 2. The average Bonchev–Trinajstić information content (AvgIpc) is 3.05. The average molecular weight is 539 g/mol. The van der Waals surface area contributed by atoms with Crippen LogP contribution in [0.2, 0.25) is 0 Å². The first kappa shape index (κ1) is 31.9. The molecule has 0 aliphatic heterocycles. The first-order valence-corrected chi connectivity index (χ1v) is 14.3. The van der Waals surface area contributed by atoms with Gasteiger partial charge >= 0.3 is 35.5 Å². The summed E-state index contributed by atoms with van der Waals surface area (Å²) >= 11 is 0. The molecule has 6 nitrogen and oxygen atoms in total. The van der Waals surface area contributed by atoms with Crippen LogP contribution in [0.15, 0.2) is 22.8 Å². The third-order valence-corrected chi connectivity index (χ3v) is 11.6. The van der Waals surface area contributed by atoms with Gasteiger partial charge in [0.05, 0.1) is 18.2 Å². The molecule has 0 aromatic rings. The van der Waals surface area contributed by atoms with Gasteiger partial charge in [-0.2, -0.15) is 0 Å². The van der Waals surface area contributed by atoms with Crippen LogP contribution in [0.25, 0.3) is 0 Å². The van der Waals surface area contributed by atoms with Gasteiger partial charge in [-0.1, -0.05) is 39.3 Å². The molecule has 0 heterocycles. The van der Waals surface area contributed by atoms with Crippen molar-refractivity contribution < 1.29 is 59.2 Å². The number of ether oxygens (including phenoxy) is 1. The molecule has 4 saturated carbocycles. The zero-order valence-corrected chi connectivity index (χ0v) is 26.8. The largest absolute Gasteiger partial charge is 1.00 e. The van der Waals surface area contributed by atoms with Crippen molar-refractivity contribution in [3.05, 3.63) is 22.8 Å². The molecule has 4 rings (SSSR count). The van der Waals surface area contributed by atoms with E-state index in [9.17, 15) is 24.9 Å². The maximum atomic E-state index is 12.5. The molecule has 0 bridgehead atoms. The van der Waals surface area contributed by atoms with Gasteiger partial charge in [-0.15, -0.1) is 0 Å².